The first-order valence-corrected chi connectivity index (χ1v) is 7.70. The van der Waals surface area contributed by atoms with E-state index < -0.39 is 0 Å². The van der Waals surface area contributed by atoms with Crippen LogP contribution >= 0.6 is 0 Å². The Balaban J connectivity index is 2.17. The summed E-state index contributed by atoms with van der Waals surface area (Å²) in [6.45, 7) is 0. The lowest BCUT2D eigenvalue weighted by Crippen LogP contribution is -2.29. The van der Waals surface area contributed by atoms with Crippen LogP contribution in [0.2, 0.25) is 0 Å². The molecule has 0 saturated carbocycles. The van der Waals surface area contributed by atoms with E-state index in [1.807, 2.05) is 36.4 Å². The van der Waals surface area contributed by atoms with E-state index in [4.69, 9.17) is 9.47 Å². The number of carbonyl (C=O) groups excluding carboxylic acids is 1. The number of carbonyl (C=O) groups is 1. The Morgan fingerprint density at radius 2 is 1.65 bits per heavy atom. The van der Waals surface area contributed by atoms with Crippen molar-refractivity contribution >= 4 is 5.78 Å². The minimum Gasteiger partial charge on any atom is -0.493 e. The number of ketones is 1. The first-order valence-electron chi connectivity index (χ1n) is 7.70. The van der Waals surface area contributed by atoms with Crippen LogP contribution in [0.3, 0.4) is 0 Å². The number of allylic oxidation sites excluding steroid dienone is 2. The second kappa shape index (κ2) is 6.29. The van der Waals surface area contributed by atoms with E-state index >= 15 is 0 Å². The molecule has 0 N–H and O–H groups in total. The van der Waals surface area contributed by atoms with Gasteiger partial charge in [0.2, 0.25) is 0 Å². The predicted octanol–water partition coefficient (Wildman–Crippen LogP) is 3.91. The van der Waals surface area contributed by atoms with Crippen molar-refractivity contribution in [1.82, 2.24) is 0 Å². The molecule has 1 atom stereocenters. The summed E-state index contributed by atoms with van der Waals surface area (Å²) in [4.78, 5) is 11.7. The van der Waals surface area contributed by atoms with Crippen molar-refractivity contribution in [3.8, 4) is 11.5 Å². The zero-order valence-electron chi connectivity index (χ0n) is 13.4. The number of benzene rings is 2. The Kier molecular flexibility index (Phi) is 4.20. The van der Waals surface area contributed by atoms with E-state index in [2.05, 4.69) is 18.2 Å². The quantitative estimate of drug-likeness (QED) is 0.859. The smallest absolute Gasteiger partial charge is 0.161 e. The summed E-state index contributed by atoms with van der Waals surface area (Å²) in [6.07, 6.45) is 5.02. The number of hydrogen-bond donors (Lipinski definition) is 0. The molecule has 1 aliphatic rings. The van der Waals surface area contributed by atoms with E-state index in [1.165, 1.54) is 5.56 Å². The predicted molar refractivity (Wildman–Crippen MR) is 90.1 cm³/mol. The fourth-order valence-electron chi connectivity index (χ4n) is 3.22. The highest BCUT2D eigenvalue weighted by Gasteiger charge is 2.35. The second-order valence-corrected chi connectivity index (χ2v) is 5.71. The van der Waals surface area contributed by atoms with Crippen molar-refractivity contribution < 1.29 is 14.3 Å². The van der Waals surface area contributed by atoms with Gasteiger partial charge < -0.3 is 9.47 Å². The largest absolute Gasteiger partial charge is 0.493 e. The first-order chi connectivity index (χ1) is 11.2. The summed E-state index contributed by atoms with van der Waals surface area (Å²) in [7, 11) is 3.26. The molecule has 3 rings (SSSR count). The number of rotatable bonds is 4. The van der Waals surface area contributed by atoms with Crippen LogP contribution in [0.15, 0.2) is 60.7 Å². The molecule has 0 fully saturated rings. The molecule has 118 valence electrons. The molecule has 0 spiro atoms. The van der Waals surface area contributed by atoms with E-state index in [0.717, 1.165) is 12.0 Å². The van der Waals surface area contributed by atoms with E-state index in [-0.39, 0.29) is 11.2 Å². The maximum absolute atomic E-state index is 11.7. The Hall–Kier alpha value is -2.55. The molecule has 0 aromatic heterocycles. The van der Waals surface area contributed by atoms with Gasteiger partial charge in [-0.25, -0.2) is 0 Å². The van der Waals surface area contributed by atoms with Gasteiger partial charge in [0.05, 0.1) is 14.2 Å². The van der Waals surface area contributed by atoms with E-state index in [0.29, 0.717) is 17.9 Å². The zero-order valence-corrected chi connectivity index (χ0v) is 13.4. The molecule has 3 nitrogen and oxygen atoms in total. The fourth-order valence-corrected chi connectivity index (χ4v) is 3.22. The highest BCUT2D eigenvalue weighted by molar-refractivity contribution is 5.91. The molecule has 0 bridgehead atoms. The minimum atomic E-state index is -0.311. The molecule has 3 heteroatoms. The molecule has 0 unspecified atom stereocenters. The maximum atomic E-state index is 11.7. The van der Waals surface area contributed by atoms with Crippen LogP contribution < -0.4 is 9.47 Å². The van der Waals surface area contributed by atoms with Gasteiger partial charge in [-0.1, -0.05) is 42.5 Å². The third-order valence-corrected chi connectivity index (χ3v) is 4.51. The minimum absolute atomic E-state index is 0.178. The van der Waals surface area contributed by atoms with Crippen LogP contribution in [-0.4, -0.2) is 20.0 Å². The maximum Gasteiger partial charge on any atom is 0.161 e. The summed E-state index contributed by atoms with van der Waals surface area (Å²) in [6, 6.07) is 16.3. The monoisotopic (exact) mass is 308 g/mol. The fraction of sp³-hybridized carbons (Fsp3) is 0.250. The standard InChI is InChI=1S/C20H20O3/c1-22-18-9-8-16(14-19(18)23-2)20(12-10-17(21)11-13-20)15-6-4-3-5-7-15/h3-10,12,14H,11,13H2,1-2H3/t20-/m0/s1. The number of methoxy groups -OCH3 is 2. The first kappa shape index (κ1) is 15.3. The molecule has 1 aliphatic carbocycles. The highest BCUT2D eigenvalue weighted by Crippen LogP contribution is 2.43. The van der Waals surface area contributed by atoms with Crippen molar-refractivity contribution in [1.29, 1.82) is 0 Å². The molecule has 2 aromatic carbocycles. The molecule has 0 heterocycles. The van der Waals surface area contributed by atoms with Crippen molar-refractivity contribution in [3.63, 3.8) is 0 Å². The summed E-state index contributed by atoms with van der Waals surface area (Å²) in [5.74, 6) is 1.58. The summed E-state index contributed by atoms with van der Waals surface area (Å²) in [5.41, 5.74) is 1.97. The Morgan fingerprint density at radius 3 is 2.26 bits per heavy atom. The Morgan fingerprint density at radius 1 is 0.913 bits per heavy atom. The molecule has 0 aliphatic heterocycles. The van der Waals surface area contributed by atoms with Crippen molar-refractivity contribution in [3.05, 3.63) is 71.8 Å². The molecule has 0 amide bonds. The van der Waals surface area contributed by atoms with Gasteiger partial charge in [-0.3, -0.25) is 4.79 Å². The molecule has 0 saturated heterocycles. The molecule has 23 heavy (non-hydrogen) atoms. The average molecular weight is 308 g/mol. The lowest BCUT2D eigenvalue weighted by Gasteiger charge is -2.34. The lowest BCUT2D eigenvalue weighted by atomic mass is 9.68. The van der Waals surface area contributed by atoms with Gasteiger partial charge >= 0.3 is 0 Å². The molecule has 2 aromatic rings. The van der Waals surface area contributed by atoms with Crippen LogP contribution in [0.1, 0.15) is 24.0 Å². The molecule has 0 radical (unpaired) electrons. The Labute approximate surface area is 136 Å². The topological polar surface area (TPSA) is 35.5 Å². The average Bonchev–Trinajstić information content (AvgIpc) is 2.63. The second-order valence-electron chi connectivity index (χ2n) is 5.71. The highest BCUT2D eigenvalue weighted by atomic mass is 16.5. The van der Waals surface area contributed by atoms with Crippen LogP contribution in [0.5, 0.6) is 11.5 Å². The van der Waals surface area contributed by atoms with Crippen molar-refractivity contribution in [2.24, 2.45) is 0 Å². The van der Waals surface area contributed by atoms with Crippen LogP contribution in [0, 0.1) is 0 Å². The van der Waals surface area contributed by atoms with Crippen molar-refractivity contribution in [2.45, 2.75) is 18.3 Å². The SMILES string of the molecule is COc1ccc([C@@]2(c3ccccc3)C=CC(=O)CC2)cc1OC. The van der Waals surface area contributed by atoms with Gasteiger partial charge in [0.15, 0.2) is 17.3 Å². The normalized spacial score (nSPS) is 20.3. The van der Waals surface area contributed by atoms with Gasteiger partial charge in [0, 0.05) is 11.8 Å². The summed E-state index contributed by atoms with van der Waals surface area (Å²) in [5, 5.41) is 0. The van der Waals surface area contributed by atoms with Gasteiger partial charge in [-0.2, -0.15) is 0 Å². The van der Waals surface area contributed by atoms with E-state index in [1.54, 1.807) is 20.3 Å². The van der Waals surface area contributed by atoms with Crippen LogP contribution in [-0.2, 0) is 10.2 Å². The van der Waals surface area contributed by atoms with Crippen molar-refractivity contribution in [2.75, 3.05) is 14.2 Å². The zero-order chi connectivity index (χ0) is 16.3. The summed E-state index contributed by atoms with van der Waals surface area (Å²) < 4.78 is 10.8. The molecular formula is C20H20O3. The van der Waals surface area contributed by atoms with Gasteiger partial charge in [0.25, 0.3) is 0 Å². The lowest BCUT2D eigenvalue weighted by molar-refractivity contribution is -0.115. The number of ether oxygens (including phenoxy) is 2. The van der Waals surface area contributed by atoms with Gasteiger partial charge in [-0.15, -0.1) is 0 Å². The van der Waals surface area contributed by atoms with Crippen LogP contribution in [0.25, 0.3) is 0 Å². The summed E-state index contributed by atoms with van der Waals surface area (Å²) >= 11 is 0. The van der Waals surface area contributed by atoms with E-state index in [9.17, 15) is 4.79 Å². The van der Waals surface area contributed by atoms with Gasteiger partial charge in [-0.05, 0) is 35.8 Å². The Bertz CT molecular complexity index is 734. The van der Waals surface area contributed by atoms with Gasteiger partial charge in [0.1, 0.15) is 0 Å². The number of hydrogen-bond acceptors (Lipinski definition) is 3. The molecular weight excluding hydrogens is 288 g/mol. The third-order valence-electron chi connectivity index (χ3n) is 4.51. The third kappa shape index (κ3) is 2.74. The van der Waals surface area contributed by atoms with Crippen LogP contribution in [0.4, 0.5) is 0 Å².